The summed E-state index contributed by atoms with van der Waals surface area (Å²) in [6, 6.07) is 7.61. The number of nitrogens with one attached hydrogen (secondary N) is 1. The quantitative estimate of drug-likeness (QED) is 0.662. The average molecular weight is 308 g/mol. The Balaban J connectivity index is 2.31. The zero-order valence-electron chi connectivity index (χ0n) is 11.1. The van der Waals surface area contributed by atoms with Gasteiger partial charge in [-0.15, -0.1) is 0 Å². The van der Waals surface area contributed by atoms with Gasteiger partial charge in [0, 0.05) is 11.8 Å². The summed E-state index contributed by atoms with van der Waals surface area (Å²) >= 11 is 10.6. The van der Waals surface area contributed by atoms with Crippen LogP contribution in [0.1, 0.15) is 17.0 Å². The SMILES string of the molecule is Cc1cccc(Nc2cc(Cl)nc(CC(O)=S)n2)c1C. The largest absolute Gasteiger partial charge is 0.502 e. The maximum atomic E-state index is 9.15. The van der Waals surface area contributed by atoms with Gasteiger partial charge in [-0.2, -0.15) is 0 Å². The van der Waals surface area contributed by atoms with E-state index in [0.717, 1.165) is 11.3 Å². The lowest BCUT2D eigenvalue weighted by Crippen LogP contribution is -2.06. The number of thiocarbonyl (C=S) groups is 1. The van der Waals surface area contributed by atoms with Crippen molar-refractivity contribution in [1.29, 1.82) is 0 Å². The fraction of sp³-hybridized carbons (Fsp3) is 0.214. The molecule has 0 saturated heterocycles. The van der Waals surface area contributed by atoms with Crippen LogP contribution in [0.15, 0.2) is 24.3 Å². The molecule has 0 atom stereocenters. The van der Waals surface area contributed by atoms with Crippen LogP contribution in [-0.2, 0) is 6.42 Å². The molecule has 4 nitrogen and oxygen atoms in total. The van der Waals surface area contributed by atoms with Gasteiger partial charge in [0.1, 0.15) is 16.8 Å². The highest BCUT2D eigenvalue weighted by Gasteiger charge is 2.07. The van der Waals surface area contributed by atoms with Crippen LogP contribution in [0.4, 0.5) is 11.5 Å². The first-order valence-corrected chi connectivity index (χ1v) is 6.83. The summed E-state index contributed by atoms with van der Waals surface area (Å²) in [5.41, 5.74) is 3.28. The summed E-state index contributed by atoms with van der Waals surface area (Å²) in [4.78, 5) is 8.31. The molecule has 0 fully saturated rings. The van der Waals surface area contributed by atoms with Crippen LogP contribution >= 0.6 is 23.8 Å². The summed E-state index contributed by atoms with van der Waals surface area (Å²) in [5, 5.41) is 12.5. The van der Waals surface area contributed by atoms with Crippen molar-refractivity contribution in [2.45, 2.75) is 20.3 Å². The Bertz CT molecular complexity index is 661. The molecule has 1 heterocycles. The molecule has 0 amide bonds. The summed E-state index contributed by atoms with van der Waals surface area (Å²) in [5.74, 6) is 0.961. The first-order chi connectivity index (χ1) is 9.45. The van der Waals surface area contributed by atoms with Crippen LogP contribution in [-0.4, -0.2) is 20.1 Å². The van der Waals surface area contributed by atoms with Gasteiger partial charge in [-0.25, -0.2) is 9.97 Å². The number of hydrogen-bond donors (Lipinski definition) is 2. The number of hydrogen-bond acceptors (Lipinski definition) is 4. The Kier molecular flexibility index (Phi) is 4.52. The maximum absolute atomic E-state index is 9.15. The third kappa shape index (κ3) is 3.65. The van der Waals surface area contributed by atoms with Gasteiger partial charge < -0.3 is 10.4 Å². The number of aryl methyl sites for hydroxylation is 1. The third-order valence-electron chi connectivity index (χ3n) is 2.92. The van der Waals surface area contributed by atoms with E-state index < -0.39 is 0 Å². The number of aromatic nitrogens is 2. The smallest absolute Gasteiger partial charge is 0.164 e. The Morgan fingerprint density at radius 2 is 2.10 bits per heavy atom. The van der Waals surface area contributed by atoms with Crippen LogP contribution in [0.3, 0.4) is 0 Å². The molecule has 0 aliphatic carbocycles. The zero-order valence-corrected chi connectivity index (χ0v) is 12.7. The zero-order chi connectivity index (χ0) is 14.7. The van der Waals surface area contributed by atoms with E-state index in [2.05, 4.69) is 27.5 Å². The van der Waals surface area contributed by atoms with Gasteiger partial charge in [-0.3, -0.25) is 0 Å². The fourth-order valence-electron chi connectivity index (χ4n) is 1.77. The fourth-order valence-corrected chi connectivity index (χ4v) is 2.10. The second-order valence-corrected chi connectivity index (χ2v) is 5.29. The van der Waals surface area contributed by atoms with Crippen molar-refractivity contribution >= 4 is 40.4 Å². The number of anilines is 2. The highest BCUT2D eigenvalue weighted by atomic mass is 35.5. The maximum Gasteiger partial charge on any atom is 0.164 e. The Labute approximate surface area is 127 Å². The monoisotopic (exact) mass is 307 g/mol. The molecule has 0 aliphatic heterocycles. The standard InChI is InChI=1S/C14H14ClN3OS/c1-8-4-3-5-10(9(8)2)16-12-6-11(15)17-13(18-12)7-14(19)20/h3-6H,7H2,1-2H3,(H,19,20)(H,16,17,18). The molecular formula is C14H14ClN3OS. The second-order valence-electron chi connectivity index (χ2n) is 4.44. The molecule has 2 aromatic rings. The van der Waals surface area contributed by atoms with Gasteiger partial charge in [0.05, 0.1) is 6.42 Å². The van der Waals surface area contributed by atoms with Crippen molar-refractivity contribution in [2.75, 3.05) is 5.32 Å². The normalized spacial score (nSPS) is 10.3. The topological polar surface area (TPSA) is 58.0 Å². The summed E-state index contributed by atoms with van der Waals surface area (Å²) in [6.07, 6.45) is 0.109. The van der Waals surface area contributed by atoms with Gasteiger partial charge >= 0.3 is 0 Å². The van der Waals surface area contributed by atoms with E-state index in [4.69, 9.17) is 16.7 Å². The number of benzene rings is 1. The molecule has 2 rings (SSSR count). The molecule has 2 N–H and O–H groups in total. The second kappa shape index (κ2) is 6.15. The highest BCUT2D eigenvalue weighted by Crippen LogP contribution is 2.23. The molecule has 0 aliphatic rings. The highest BCUT2D eigenvalue weighted by molar-refractivity contribution is 7.80. The lowest BCUT2D eigenvalue weighted by Gasteiger charge is -2.11. The van der Waals surface area contributed by atoms with Crippen LogP contribution in [0, 0.1) is 13.8 Å². The van der Waals surface area contributed by atoms with Crippen LogP contribution in [0.2, 0.25) is 5.15 Å². The Morgan fingerprint density at radius 3 is 2.80 bits per heavy atom. The summed E-state index contributed by atoms with van der Waals surface area (Å²) in [7, 11) is 0. The van der Waals surface area contributed by atoms with E-state index in [1.807, 2.05) is 32.0 Å². The first-order valence-electron chi connectivity index (χ1n) is 6.04. The molecule has 1 aromatic heterocycles. The Hall–Kier alpha value is -1.72. The number of aliphatic hydroxyl groups is 1. The van der Waals surface area contributed by atoms with Gasteiger partial charge in [-0.1, -0.05) is 23.7 Å². The van der Waals surface area contributed by atoms with E-state index in [9.17, 15) is 0 Å². The van der Waals surface area contributed by atoms with Crippen molar-refractivity contribution in [3.8, 4) is 0 Å². The molecule has 0 spiro atoms. The molecule has 6 heteroatoms. The molecule has 0 unspecified atom stereocenters. The van der Waals surface area contributed by atoms with Crippen molar-refractivity contribution < 1.29 is 5.11 Å². The van der Waals surface area contributed by atoms with Gasteiger partial charge in [0.15, 0.2) is 5.05 Å². The van der Waals surface area contributed by atoms with Crippen LogP contribution in [0.5, 0.6) is 0 Å². The van der Waals surface area contributed by atoms with E-state index in [-0.39, 0.29) is 11.5 Å². The molecular weight excluding hydrogens is 294 g/mol. The molecule has 1 aromatic carbocycles. The van der Waals surface area contributed by atoms with Crippen molar-refractivity contribution in [3.63, 3.8) is 0 Å². The first kappa shape index (κ1) is 14.7. The number of halogens is 1. The lowest BCUT2D eigenvalue weighted by molar-refractivity contribution is 0.553. The number of aliphatic hydroxyl groups excluding tert-OH is 1. The van der Waals surface area contributed by atoms with Crippen molar-refractivity contribution in [3.05, 3.63) is 46.4 Å². The average Bonchev–Trinajstić information content (AvgIpc) is 2.33. The third-order valence-corrected chi connectivity index (χ3v) is 3.26. The molecule has 20 heavy (non-hydrogen) atoms. The van der Waals surface area contributed by atoms with Crippen molar-refractivity contribution in [1.82, 2.24) is 9.97 Å². The van der Waals surface area contributed by atoms with Crippen LogP contribution in [0.25, 0.3) is 0 Å². The summed E-state index contributed by atoms with van der Waals surface area (Å²) in [6.45, 7) is 4.08. The van der Waals surface area contributed by atoms with Crippen LogP contribution < -0.4 is 5.32 Å². The van der Waals surface area contributed by atoms with E-state index in [1.54, 1.807) is 6.07 Å². The molecule has 0 saturated carbocycles. The number of nitrogens with zero attached hydrogens (tertiary/aromatic N) is 2. The molecule has 0 bridgehead atoms. The van der Waals surface area contributed by atoms with Crippen molar-refractivity contribution in [2.24, 2.45) is 0 Å². The minimum absolute atomic E-state index is 0.109. The molecule has 104 valence electrons. The van der Waals surface area contributed by atoms with E-state index in [1.165, 1.54) is 5.56 Å². The van der Waals surface area contributed by atoms with Gasteiger partial charge in [0.2, 0.25) is 0 Å². The minimum atomic E-state index is -0.162. The Morgan fingerprint density at radius 1 is 1.35 bits per heavy atom. The van der Waals surface area contributed by atoms with E-state index in [0.29, 0.717) is 16.8 Å². The summed E-state index contributed by atoms with van der Waals surface area (Å²) < 4.78 is 0. The molecule has 0 radical (unpaired) electrons. The minimum Gasteiger partial charge on any atom is -0.502 e. The predicted octanol–water partition coefficient (Wildman–Crippen LogP) is 3.92. The van der Waals surface area contributed by atoms with Gasteiger partial charge in [0.25, 0.3) is 0 Å². The number of rotatable bonds is 4. The predicted molar refractivity (Wildman–Crippen MR) is 85.2 cm³/mol. The van der Waals surface area contributed by atoms with E-state index >= 15 is 0 Å². The lowest BCUT2D eigenvalue weighted by atomic mass is 10.1. The van der Waals surface area contributed by atoms with Gasteiger partial charge in [-0.05, 0) is 43.3 Å².